The number of likely N-dealkylation sites (tertiary alicyclic amines) is 1. The van der Waals surface area contributed by atoms with Gasteiger partial charge in [-0.1, -0.05) is 12.8 Å². The molecule has 0 aromatic heterocycles. The average molecular weight is 276 g/mol. The molecule has 0 aromatic rings. The second-order valence-corrected chi connectivity index (χ2v) is 8.47. The molecule has 3 aliphatic carbocycles. The molecule has 20 heavy (non-hydrogen) atoms. The van der Waals surface area contributed by atoms with E-state index in [1.165, 1.54) is 58.0 Å². The first-order chi connectivity index (χ1) is 9.70. The van der Waals surface area contributed by atoms with E-state index in [0.717, 1.165) is 41.8 Å². The lowest BCUT2D eigenvalue weighted by molar-refractivity contribution is 0.0218. The van der Waals surface area contributed by atoms with Crippen LogP contribution in [0.15, 0.2) is 0 Å². The first kappa shape index (κ1) is 13.6. The van der Waals surface area contributed by atoms with Crippen LogP contribution in [0.2, 0.25) is 0 Å². The van der Waals surface area contributed by atoms with Gasteiger partial charge in [-0.2, -0.15) is 0 Å². The molecule has 4 fully saturated rings. The lowest BCUT2D eigenvalue weighted by Crippen LogP contribution is -2.60. The third kappa shape index (κ3) is 2.33. The fourth-order valence-corrected chi connectivity index (χ4v) is 5.86. The fourth-order valence-electron chi connectivity index (χ4n) is 5.86. The van der Waals surface area contributed by atoms with Gasteiger partial charge in [0, 0.05) is 31.2 Å². The summed E-state index contributed by atoms with van der Waals surface area (Å²) in [7, 11) is 0. The van der Waals surface area contributed by atoms with E-state index in [1.54, 1.807) is 0 Å². The van der Waals surface area contributed by atoms with Gasteiger partial charge in [-0.15, -0.1) is 0 Å². The molecule has 5 unspecified atom stereocenters. The summed E-state index contributed by atoms with van der Waals surface area (Å²) in [4.78, 5) is 2.74. The van der Waals surface area contributed by atoms with E-state index in [9.17, 15) is 0 Å². The van der Waals surface area contributed by atoms with E-state index in [-0.39, 0.29) is 0 Å². The van der Waals surface area contributed by atoms with Crippen LogP contribution in [0.1, 0.15) is 58.8 Å². The van der Waals surface area contributed by atoms with Crippen LogP contribution in [0.4, 0.5) is 0 Å². The topological polar surface area (TPSA) is 15.3 Å². The second kappa shape index (κ2) is 5.28. The zero-order chi connectivity index (χ0) is 13.7. The van der Waals surface area contributed by atoms with Crippen molar-refractivity contribution in [2.45, 2.75) is 76.9 Å². The number of nitrogens with zero attached hydrogens (tertiary/aromatic N) is 1. The van der Waals surface area contributed by atoms with Crippen LogP contribution in [-0.2, 0) is 0 Å². The molecule has 1 saturated heterocycles. The Labute approximate surface area is 124 Å². The van der Waals surface area contributed by atoms with Crippen molar-refractivity contribution in [3.63, 3.8) is 0 Å². The maximum atomic E-state index is 4.18. The van der Waals surface area contributed by atoms with Crippen LogP contribution in [-0.4, -0.2) is 36.1 Å². The van der Waals surface area contributed by atoms with Crippen LogP contribution in [0.5, 0.6) is 0 Å². The van der Waals surface area contributed by atoms with Gasteiger partial charge < -0.3 is 10.2 Å². The Morgan fingerprint density at radius 1 is 0.900 bits per heavy atom. The summed E-state index contributed by atoms with van der Waals surface area (Å²) in [5.74, 6) is 3.98. The molecule has 0 aromatic carbocycles. The summed E-state index contributed by atoms with van der Waals surface area (Å²) in [5.41, 5.74) is 0. The molecule has 5 atom stereocenters. The van der Waals surface area contributed by atoms with Gasteiger partial charge in [-0.3, -0.25) is 0 Å². The molecular formula is C18H32N2. The van der Waals surface area contributed by atoms with Gasteiger partial charge in [-0.25, -0.2) is 0 Å². The summed E-state index contributed by atoms with van der Waals surface area (Å²) in [6, 6.07) is 2.47. The Hall–Kier alpha value is -0.0800. The van der Waals surface area contributed by atoms with Crippen molar-refractivity contribution in [3.8, 4) is 0 Å². The number of hydrogen-bond donors (Lipinski definition) is 1. The number of rotatable bonds is 3. The van der Waals surface area contributed by atoms with Crippen LogP contribution in [0, 0.1) is 23.7 Å². The van der Waals surface area contributed by atoms with Gasteiger partial charge in [-0.05, 0) is 69.6 Å². The van der Waals surface area contributed by atoms with E-state index in [2.05, 4.69) is 24.1 Å². The summed E-state index contributed by atoms with van der Waals surface area (Å²) in [6.45, 7) is 7.46. The van der Waals surface area contributed by atoms with E-state index in [4.69, 9.17) is 0 Å². The van der Waals surface area contributed by atoms with E-state index < -0.39 is 0 Å². The van der Waals surface area contributed by atoms with Crippen molar-refractivity contribution in [2.75, 3.05) is 13.1 Å². The molecule has 2 nitrogen and oxygen atoms in total. The maximum Gasteiger partial charge on any atom is 0.0151 e. The van der Waals surface area contributed by atoms with Crippen molar-refractivity contribution in [1.82, 2.24) is 10.2 Å². The zero-order valence-electron chi connectivity index (χ0n) is 13.4. The number of hydrogen-bond acceptors (Lipinski definition) is 2. The van der Waals surface area contributed by atoms with Gasteiger partial charge in [0.25, 0.3) is 0 Å². The summed E-state index contributed by atoms with van der Waals surface area (Å²) < 4.78 is 0. The molecule has 3 saturated carbocycles. The molecule has 0 amide bonds. The predicted octanol–water partition coefficient (Wildman–Crippen LogP) is 3.27. The lowest BCUT2D eigenvalue weighted by atomic mass is 9.72. The number of nitrogens with one attached hydrogen (secondary N) is 1. The Bertz CT molecular complexity index is 339. The quantitative estimate of drug-likeness (QED) is 0.851. The number of piperidine rings is 1. The molecule has 2 heteroatoms. The van der Waals surface area contributed by atoms with Crippen molar-refractivity contribution in [2.24, 2.45) is 23.7 Å². The zero-order valence-corrected chi connectivity index (χ0v) is 13.4. The number of fused-ring (bicyclic) bond motifs is 4. The van der Waals surface area contributed by atoms with Gasteiger partial charge in [0.1, 0.15) is 0 Å². The van der Waals surface area contributed by atoms with E-state index in [0.29, 0.717) is 0 Å². The Morgan fingerprint density at radius 3 is 2.20 bits per heavy atom. The highest BCUT2D eigenvalue weighted by atomic mass is 15.2. The third-order valence-electron chi connectivity index (χ3n) is 6.98. The molecule has 114 valence electrons. The first-order valence-electron chi connectivity index (χ1n) is 9.21. The van der Waals surface area contributed by atoms with Gasteiger partial charge in [0.15, 0.2) is 0 Å². The van der Waals surface area contributed by atoms with Gasteiger partial charge in [0.2, 0.25) is 0 Å². The molecular weight excluding hydrogens is 244 g/mol. The minimum atomic E-state index is 0.738. The highest BCUT2D eigenvalue weighted by Gasteiger charge is 2.45. The minimum Gasteiger partial charge on any atom is -0.310 e. The average Bonchev–Trinajstić information content (AvgIpc) is 3.00. The third-order valence-corrected chi connectivity index (χ3v) is 6.98. The summed E-state index contributed by atoms with van der Waals surface area (Å²) in [5, 5.41) is 4.18. The molecule has 4 rings (SSSR count). The van der Waals surface area contributed by atoms with Crippen LogP contribution in [0.3, 0.4) is 0 Å². The molecule has 0 radical (unpaired) electrons. The Balaban J connectivity index is 1.43. The first-order valence-corrected chi connectivity index (χ1v) is 9.21. The van der Waals surface area contributed by atoms with Crippen LogP contribution >= 0.6 is 0 Å². The molecule has 1 N–H and O–H groups in total. The van der Waals surface area contributed by atoms with Crippen molar-refractivity contribution >= 4 is 0 Å². The van der Waals surface area contributed by atoms with Crippen molar-refractivity contribution < 1.29 is 0 Å². The van der Waals surface area contributed by atoms with Gasteiger partial charge >= 0.3 is 0 Å². The molecule has 0 spiro atoms. The van der Waals surface area contributed by atoms with Crippen molar-refractivity contribution in [3.05, 3.63) is 0 Å². The maximum absolute atomic E-state index is 4.18. The summed E-state index contributed by atoms with van der Waals surface area (Å²) in [6.07, 6.45) is 10.5. The van der Waals surface area contributed by atoms with Crippen LogP contribution in [0.25, 0.3) is 0 Å². The normalized spacial score (nSPS) is 48.1. The van der Waals surface area contributed by atoms with E-state index >= 15 is 0 Å². The Kier molecular flexibility index (Phi) is 3.58. The SMILES string of the molecule is CC(C)N1CC2CCCC(C1)C2NC1CC2CCC1C2. The highest BCUT2D eigenvalue weighted by molar-refractivity contribution is 5.01. The monoisotopic (exact) mass is 276 g/mol. The van der Waals surface area contributed by atoms with Crippen molar-refractivity contribution in [1.29, 1.82) is 0 Å². The fraction of sp³-hybridized carbons (Fsp3) is 1.00. The smallest absolute Gasteiger partial charge is 0.0151 e. The van der Waals surface area contributed by atoms with E-state index in [1.807, 2.05) is 0 Å². The lowest BCUT2D eigenvalue weighted by Gasteiger charge is -2.50. The molecule has 4 bridgehead atoms. The standard InChI is InChI=1S/C18H32N2/c1-12(2)20-10-15-4-3-5-16(11-20)18(15)19-17-9-13-6-7-14(17)8-13/h12-19H,3-11H2,1-2H3. The Morgan fingerprint density at radius 2 is 1.65 bits per heavy atom. The molecule has 1 aliphatic heterocycles. The molecule has 4 aliphatic rings. The second-order valence-electron chi connectivity index (χ2n) is 8.47. The summed E-state index contributed by atoms with van der Waals surface area (Å²) >= 11 is 0. The van der Waals surface area contributed by atoms with Crippen LogP contribution < -0.4 is 5.32 Å². The highest BCUT2D eigenvalue weighted by Crippen LogP contribution is 2.46. The largest absolute Gasteiger partial charge is 0.310 e. The minimum absolute atomic E-state index is 0.738. The molecule has 1 heterocycles. The predicted molar refractivity (Wildman–Crippen MR) is 83.7 cm³/mol. The van der Waals surface area contributed by atoms with Gasteiger partial charge in [0.05, 0.1) is 0 Å².